The molecule has 2 aromatic rings. The van der Waals surface area contributed by atoms with Crippen LogP contribution in [0.1, 0.15) is 10.4 Å². The highest BCUT2D eigenvalue weighted by molar-refractivity contribution is 7.11. The third-order valence-electron chi connectivity index (χ3n) is 3.18. The number of halogens is 2. The van der Waals surface area contributed by atoms with Crippen molar-refractivity contribution in [1.29, 1.82) is 0 Å². The highest BCUT2D eigenvalue weighted by Crippen LogP contribution is 2.42. The Hall–Kier alpha value is -2.38. The molecule has 0 unspecified atom stereocenters. The van der Waals surface area contributed by atoms with Crippen molar-refractivity contribution in [3.8, 4) is 0 Å². The molecule has 0 atom stereocenters. The van der Waals surface area contributed by atoms with Crippen LogP contribution in [0.5, 0.6) is 0 Å². The molecule has 3 amide bonds. The minimum absolute atomic E-state index is 0.0435. The normalized spacial score (nSPS) is 15.9. The first-order valence-electron chi connectivity index (χ1n) is 6.02. The fourth-order valence-electron chi connectivity index (χ4n) is 2.24. The number of nitrogens with zero attached hydrogens (tertiary/aromatic N) is 1. The summed E-state index contributed by atoms with van der Waals surface area (Å²) < 4.78 is 13.7. The van der Waals surface area contributed by atoms with Gasteiger partial charge in [-0.05, 0) is 23.6 Å². The van der Waals surface area contributed by atoms with E-state index in [9.17, 15) is 19.1 Å². The van der Waals surface area contributed by atoms with E-state index in [-0.39, 0.29) is 27.6 Å². The zero-order valence-corrected chi connectivity index (χ0v) is 12.4. The molecule has 1 aliphatic rings. The molecule has 0 aliphatic carbocycles. The summed E-state index contributed by atoms with van der Waals surface area (Å²) in [6.07, 6.45) is 0. The predicted octanol–water partition coefficient (Wildman–Crippen LogP) is 3.39. The molecule has 0 spiro atoms. The van der Waals surface area contributed by atoms with Gasteiger partial charge in [-0.15, -0.1) is 11.3 Å². The molecule has 5 nitrogen and oxygen atoms in total. The number of amides is 3. The molecule has 2 heterocycles. The largest absolute Gasteiger partial charge is 0.506 e. The van der Waals surface area contributed by atoms with Gasteiger partial charge in [0, 0.05) is 5.56 Å². The summed E-state index contributed by atoms with van der Waals surface area (Å²) in [5.74, 6) is -1.93. The van der Waals surface area contributed by atoms with Crippen LogP contribution in [0.2, 0.25) is 5.02 Å². The highest BCUT2D eigenvalue weighted by Gasteiger charge is 2.39. The van der Waals surface area contributed by atoms with Gasteiger partial charge in [0.15, 0.2) is 0 Å². The van der Waals surface area contributed by atoms with Crippen LogP contribution in [0.3, 0.4) is 0 Å². The summed E-state index contributed by atoms with van der Waals surface area (Å²) in [5.41, 5.74) is 5.12. The molecule has 3 rings (SSSR count). The second-order valence-electron chi connectivity index (χ2n) is 4.46. The smallest absolute Gasteiger partial charge is 0.326 e. The molecule has 1 aliphatic heterocycles. The molecular formula is C14H8ClFN2O3S. The number of carbonyl (C=O) groups is 2. The van der Waals surface area contributed by atoms with Gasteiger partial charge in [-0.1, -0.05) is 17.7 Å². The summed E-state index contributed by atoms with van der Waals surface area (Å²) in [7, 11) is 0. The quantitative estimate of drug-likeness (QED) is 0.617. The number of anilines is 1. The van der Waals surface area contributed by atoms with Crippen LogP contribution >= 0.6 is 22.9 Å². The molecule has 22 heavy (non-hydrogen) atoms. The molecule has 0 bridgehead atoms. The number of aliphatic hydroxyl groups is 1. The molecule has 3 N–H and O–H groups in total. The number of nitrogens with two attached hydrogens (primary N) is 1. The summed E-state index contributed by atoms with van der Waals surface area (Å²) in [5, 5.41) is 11.8. The first kappa shape index (κ1) is 14.6. The van der Waals surface area contributed by atoms with E-state index in [1.165, 1.54) is 11.3 Å². The Balaban J connectivity index is 2.31. The van der Waals surface area contributed by atoms with Crippen LogP contribution in [0.25, 0.3) is 11.3 Å². The van der Waals surface area contributed by atoms with Gasteiger partial charge in [0.2, 0.25) is 0 Å². The third-order valence-corrected chi connectivity index (χ3v) is 4.34. The van der Waals surface area contributed by atoms with E-state index < -0.39 is 17.8 Å². The van der Waals surface area contributed by atoms with Gasteiger partial charge in [-0.2, -0.15) is 0 Å². The Kier molecular flexibility index (Phi) is 3.38. The average molecular weight is 339 g/mol. The fraction of sp³-hybridized carbons (Fsp3) is 0. The molecule has 0 saturated carbocycles. The van der Waals surface area contributed by atoms with Gasteiger partial charge < -0.3 is 10.8 Å². The van der Waals surface area contributed by atoms with Gasteiger partial charge >= 0.3 is 6.03 Å². The Morgan fingerprint density at radius 3 is 2.73 bits per heavy atom. The van der Waals surface area contributed by atoms with Crippen molar-refractivity contribution in [1.82, 2.24) is 0 Å². The van der Waals surface area contributed by atoms with Crippen LogP contribution in [0, 0.1) is 5.82 Å². The topological polar surface area (TPSA) is 83.6 Å². The Morgan fingerprint density at radius 2 is 2.14 bits per heavy atom. The van der Waals surface area contributed by atoms with Gasteiger partial charge in [-0.3, -0.25) is 4.79 Å². The number of benzene rings is 1. The lowest BCUT2D eigenvalue weighted by molar-refractivity contribution is -0.112. The summed E-state index contributed by atoms with van der Waals surface area (Å²) in [6, 6.07) is 4.37. The number of hydrogen-bond acceptors (Lipinski definition) is 4. The number of primary amides is 1. The van der Waals surface area contributed by atoms with Crippen molar-refractivity contribution in [3.05, 3.63) is 50.9 Å². The van der Waals surface area contributed by atoms with Crippen molar-refractivity contribution in [2.24, 2.45) is 5.73 Å². The first-order valence-corrected chi connectivity index (χ1v) is 7.28. The van der Waals surface area contributed by atoms with E-state index in [1.54, 1.807) is 17.5 Å². The number of carbonyl (C=O) groups excluding carboxylic acids is 2. The molecule has 1 aromatic carbocycles. The Morgan fingerprint density at radius 1 is 1.41 bits per heavy atom. The number of thiophene rings is 1. The molecule has 0 radical (unpaired) electrons. The van der Waals surface area contributed by atoms with Crippen LogP contribution in [0.4, 0.5) is 14.9 Å². The van der Waals surface area contributed by atoms with Crippen molar-refractivity contribution in [3.63, 3.8) is 0 Å². The maximum Gasteiger partial charge on any atom is 0.326 e. The van der Waals surface area contributed by atoms with E-state index in [0.29, 0.717) is 9.78 Å². The van der Waals surface area contributed by atoms with Gasteiger partial charge in [0.05, 0.1) is 21.2 Å². The van der Waals surface area contributed by atoms with Crippen LogP contribution in [-0.4, -0.2) is 17.0 Å². The molecule has 0 fully saturated rings. The van der Waals surface area contributed by atoms with E-state index in [1.807, 2.05) is 0 Å². The molecule has 1 aromatic heterocycles. The SMILES string of the molecule is NC(=O)N1C(=O)/C(=C(/O)c2cccs2)c2cc(F)c(Cl)cc21. The lowest BCUT2D eigenvalue weighted by Crippen LogP contribution is -2.38. The maximum atomic E-state index is 13.7. The third kappa shape index (κ3) is 2.06. The van der Waals surface area contributed by atoms with Crippen molar-refractivity contribution < 1.29 is 19.1 Å². The lowest BCUT2D eigenvalue weighted by atomic mass is 10.1. The second kappa shape index (κ2) is 5.11. The zero-order chi connectivity index (χ0) is 16.0. The first-order chi connectivity index (χ1) is 10.4. The number of aliphatic hydroxyl groups excluding tert-OH is 1. The highest BCUT2D eigenvalue weighted by atomic mass is 35.5. The molecular weight excluding hydrogens is 331 g/mol. The summed E-state index contributed by atoms with van der Waals surface area (Å²) >= 11 is 6.89. The van der Waals surface area contributed by atoms with E-state index in [2.05, 4.69) is 0 Å². The van der Waals surface area contributed by atoms with Crippen molar-refractivity contribution >= 4 is 51.9 Å². The zero-order valence-electron chi connectivity index (χ0n) is 10.8. The molecule has 112 valence electrons. The van der Waals surface area contributed by atoms with E-state index >= 15 is 0 Å². The van der Waals surface area contributed by atoms with Crippen molar-refractivity contribution in [2.45, 2.75) is 0 Å². The Labute approximate surface area is 133 Å². The second-order valence-corrected chi connectivity index (χ2v) is 5.82. The number of urea groups is 1. The van der Waals surface area contributed by atoms with Crippen molar-refractivity contribution in [2.75, 3.05) is 4.90 Å². The summed E-state index contributed by atoms with van der Waals surface area (Å²) in [6.45, 7) is 0. The van der Waals surface area contributed by atoms with Gasteiger partial charge in [0.1, 0.15) is 11.6 Å². The fourth-order valence-corrected chi connectivity index (χ4v) is 3.07. The van der Waals surface area contributed by atoms with Crippen LogP contribution in [-0.2, 0) is 4.79 Å². The lowest BCUT2D eigenvalue weighted by Gasteiger charge is -2.11. The average Bonchev–Trinajstić information content (AvgIpc) is 3.05. The number of hydrogen-bond donors (Lipinski definition) is 2. The minimum Gasteiger partial charge on any atom is -0.506 e. The van der Waals surface area contributed by atoms with E-state index in [0.717, 1.165) is 12.1 Å². The van der Waals surface area contributed by atoms with Crippen LogP contribution < -0.4 is 10.6 Å². The minimum atomic E-state index is -1.04. The Bertz CT molecular complexity index is 833. The molecule has 0 saturated heterocycles. The summed E-state index contributed by atoms with van der Waals surface area (Å²) in [4.78, 5) is 25.0. The molecule has 8 heteroatoms. The van der Waals surface area contributed by atoms with Crippen LogP contribution in [0.15, 0.2) is 29.6 Å². The monoisotopic (exact) mass is 338 g/mol. The standard InChI is InChI=1S/C14H8ClFN2O3S/c15-7-5-9-6(4-8(7)16)11(13(20)18(9)14(17)21)12(19)10-2-1-3-22-10/h1-5,19H,(H2,17,21)/b12-11+. The van der Waals surface area contributed by atoms with E-state index in [4.69, 9.17) is 17.3 Å². The number of rotatable bonds is 1. The van der Waals surface area contributed by atoms with Gasteiger partial charge in [-0.25, -0.2) is 14.1 Å². The number of fused-ring (bicyclic) bond motifs is 1. The van der Waals surface area contributed by atoms with Gasteiger partial charge in [0.25, 0.3) is 5.91 Å². The maximum absolute atomic E-state index is 13.7. The predicted molar refractivity (Wildman–Crippen MR) is 82.2 cm³/mol. The number of imide groups is 1.